The topological polar surface area (TPSA) is 38.7 Å². The number of benzene rings is 7. The summed E-state index contributed by atoms with van der Waals surface area (Å²) >= 11 is 1.86. The molecule has 0 spiro atoms. The van der Waals surface area contributed by atoms with Crippen molar-refractivity contribution in [2.24, 2.45) is 0 Å². The lowest BCUT2D eigenvalue weighted by molar-refractivity contribution is 0.666. The van der Waals surface area contributed by atoms with Gasteiger partial charge in [-0.25, -0.2) is 15.0 Å². The first-order valence-electron chi connectivity index (χ1n) is 17.0. The molecule has 236 valence electrons. The van der Waals surface area contributed by atoms with Gasteiger partial charge in [0.25, 0.3) is 0 Å². The van der Waals surface area contributed by atoms with Crippen molar-refractivity contribution in [3.8, 4) is 56.4 Å². The molecule has 1 aliphatic rings. The van der Waals surface area contributed by atoms with Gasteiger partial charge in [-0.3, -0.25) is 0 Å². The molecule has 0 radical (unpaired) electrons. The second kappa shape index (κ2) is 11.0. The monoisotopic (exact) mass is 657 g/mol. The molecule has 2 aromatic heterocycles. The molecule has 0 amide bonds. The zero-order valence-electron chi connectivity index (χ0n) is 27.7. The van der Waals surface area contributed by atoms with E-state index in [1.54, 1.807) is 0 Å². The van der Waals surface area contributed by atoms with E-state index >= 15 is 0 Å². The van der Waals surface area contributed by atoms with Gasteiger partial charge in [0.2, 0.25) is 0 Å². The Kier molecular flexibility index (Phi) is 6.39. The minimum atomic E-state index is -0.257. The molecule has 0 aliphatic heterocycles. The molecule has 0 saturated heterocycles. The Morgan fingerprint density at radius 2 is 1.02 bits per heavy atom. The predicted molar refractivity (Wildman–Crippen MR) is 210 cm³/mol. The van der Waals surface area contributed by atoms with Crippen LogP contribution in [0.3, 0.4) is 0 Å². The number of aromatic nitrogens is 3. The molecule has 7 aromatic carbocycles. The molecule has 3 nitrogen and oxygen atoms in total. The fourth-order valence-electron chi connectivity index (χ4n) is 7.89. The second-order valence-corrected chi connectivity index (χ2v) is 14.7. The van der Waals surface area contributed by atoms with Crippen molar-refractivity contribution in [3.63, 3.8) is 0 Å². The maximum atomic E-state index is 5.06. The van der Waals surface area contributed by atoms with E-state index in [-0.39, 0.29) is 5.41 Å². The van der Waals surface area contributed by atoms with Crippen LogP contribution in [0.5, 0.6) is 0 Å². The van der Waals surface area contributed by atoms with Crippen LogP contribution in [-0.2, 0) is 5.41 Å². The summed E-state index contributed by atoms with van der Waals surface area (Å²) in [5.74, 6) is 2.01. The number of fused-ring (bicyclic) bond motifs is 8. The first-order chi connectivity index (χ1) is 24.5. The summed E-state index contributed by atoms with van der Waals surface area (Å²) in [4.78, 5) is 15.1. The maximum Gasteiger partial charge on any atom is 0.164 e. The Morgan fingerprint density at radius 3 is 1.74 bits per heavy atom. The Hall–Kier alpha value is -5.97. The lowest BCUT2D eigenvalue weighted by atomic mass is 9.79. The van der Waals surface area contributed by atoms with Gasteiger partial charge in [-0.1, -0.05) is 135 Å². The smallest absolute Gasteiger partial charge is 0.164 e. The summed E-state index contributed by atoms with van der Waals surface area (Å²) < 4.78 is 2.64. The molecule has 0 saturated carbocycles. The summed E-state index contributed by atoms with van der Waals surface area (Å²) in [7, 11) is 0. The van der Waals surface area contributed by atoms with Crippen molar-refractivity contribution >= 4 is 42.3 Å². The Morgan fingerprint density at radius 1 is 0.440 bits per heavy atom. The number of hydrogen-bond donors (Lipinski definition) is 0. The molecule has 1 aliphatic carbocycles. The Balaban J connectivity index is 1.19. The SMILES string of the molecule is CC1(C)c2cc(-c3nc(-c4ccccc4)nc(-c4ccccc4)n3)ccc2-c2c(-c3ccc4sc5ccccc5c4c3)cc3ccccc3c21. The molecule has 0 atom stereocenters. The van der Waals surface area contributed by atoms with Crippen LogP contribution in [0.2, 0.25) is 0 Å². The molecule has 10 rings (SSSR count). The standard InChI is InChI=1S/C46H31N3S/c1-46(2)38-27-32(45-48-43(28-13-5-3-6-14-28)47-44(49-45)29-15-7-4-8-16-29)21-23-35(38)41-36(25-30-17-9-10-18-33(30)42(41)46)31-22-24-40-37(26-31)34-19-11-12-20-39(34)50-40/h3-27H,1-2H3. The van der Waals surface area contributed by atoms with Crippen molar-refractivity contribution in [1.82, 2.24) is 15.0 Å². The largest absolute Gasteiger partial charge is 0.208 e. The summed E-state index contributed by atoms with van der Waals surface area (Å²) in [6.07, 6.45) is 0. The maximum absolute atomic E-state index is 5.06. The van der Waals surface area contributed by atoms with Gasteiger partial charge in [-0.15, -0.1) is 11.3 Å². The van der Waals surface area contributed by atoms with E-state index < -0.39 is 0 Å². The Labute approximate surface area is 294 Å². The zero-order valence-corrected chi connectivity index (χ0v) is 28.5. The fourth-order valence-corrected chi connectivity index (χ4v) is 8.97. The molecule has 50 heavy (non-hydrogen) atoms. The molecular formula is C46H31N3S. The molecule has 9 aromatic rings. The van der Waals surface area contributed by atoms with Crippen LogP contribution in [0.4, 0.5) is 0 Å². The average molecular weight is 658 g/mol. The van der Waals surface area contributed by atoms with Gasteiger partial charge < -0.3 is 0 Å². The summed E-state index contributed by atoms with van der Waals surface area (Å²) in [6.45, 7) is 4.73. The number of thiophene rings is 1. The van der Waals surface area contributed by atoms with Crippen molar-refractivity contribution < 1.29 is 0 Å². The van der Waals surface area contributed by atoms with Crippen LogP contribution in [0.25, 0.3) is 87.4 Å². The van der Waals surface area contributed by atoms with Crippen molar-refractivity contribution in [2.45, 2.75) is 19.3 Å². The van der Waals surface area contributed by atoms with Crippen LogP contribution in [0, 0.1) is 0 Å². The van der Waals surface area contributed by atoms with Gasteiger partial charge in [0.15, 0.2) is 17.5 Å². The van der Waals surface area contributed by atoms with E-state index in [4.69, 9.17) is 15.0 Å². The molecular weight excluding hydrogens is 627 g/mol. The van der Waals surface area contributed by atoms with Crippen LogP contribution >= 0.6 is 11.3 Å². The van der Waals surface area contributed by atoms with Crippen LogP contribution in [0.1, 0.15) is 25.0 Å². The highest BCUT2D eigenvalue weighted by Crippen LogP contribution is 2.55. The first-order valence-corrected chi connectivity index (χ1v) is 17.8. The van der Waals surface area contributed by atoms with E-state index in [0.29, 0.717) is 17.5 Å². The highest BCUT2D eigenvalue weighted by molar-refractivity contribution is 7.25. The fraction of sp³-hybridized carbons (Fsp3) is 0.0652. The summed E-state index contributed by atoms with van der Waals surface area (Å²) in [6, 6.07) is 54.2. The van der Waals surface area contributed by atoms with Gasteiger partial charge in [0, 0.05) is 42.3 Å². The van der Waals surface area contributed by atoms with Gasteiger partial charge in [0.1, 0.15) is 0 Å². The van der Waals surface area contributed by atoms with Crippen LogP contribution in [-0.4, -0.2) is 15.0 Å². The molecule has 2 heterocycles. The number of hydrogen-bond acceptors (Lipinski definition) is 4. The molecule has 0 bridgehead atoms. The van der Waals surface area contributed by atoms with Gasteiger partial charge in [-0.05, 0) is 74.5 Å². The van der Waals surface area contributed by atoms with Crippen molar-refractivity contribution in [2.75, 3.05) is 0 Å². The van der Waals surface area contributed by atoms with E-state index in [0.717, 1.165) is 16.7 Å². The minimum absolute atomic E-state index is 0.257. The van der Waals surface area contributed by atoms with Crippen LogP contribution < -0.4 is 0 Å². The molecule has 0 unspecified atom stereocenters. The summed E-state index contributed by atoms with van der Waals surface area (Å²) in [5, 5.41) is 5.19. The molecule has 0 N–H and O–H groups in total. The van der Waals surface area contributed by atoms with E-state index in [1.165, 1.54) is 64.3 Å². The second-order valence-electron chi connectivity index (χ2n) is 13.6. The van der Waals surface area contributed by atoms with Gasteiger partial charge in [0.05, 0.1) is 0 Å². The normalized spacial score (nSPS) is 13.2. The van der Waals surface area contributed by atoms with Crippen molar-refractivity contribution in [3.05, 3.63) is 163 Å². The van der Waals surface area contributed by atoms with E-state index in [2.05, 4.69) is 129 Å². The lowest BCUT2D eigenvalue weighted by Crippen LogP contribution is -2.16. The minimum Gasteiger partial charge on any atom is -0.208 e. The Bertz CT molecular complexity index is 2720. The third-order valence-electron chi connectivity index (χ3n) is 10.3. The van der Waals surface area contributed by atoms with Crippen LogP contribution in [0.15, 0.2) is 152 Å². The molecule has 0 fully saturated rings. The average Bonchev–Trinajstić information content (AvgIpc) is 3.66. The van der Waals surface area contributed by atoms with Gasteiger partial charge >= 0.3 is 0 Å². The zero-order chi connectivity index (χ0) is 33.4. The van der Waals surface area contributed by atoms with Crippen molar-refractivity contribution in [1.29, 1.82) is 0 Å². The lowest BCUT2D eigenvalue weighted by Gasteiger charge is -2.24. The first kappa shape index (κ1) is 29.0. The highest BCUT2D eigenvalue weighted by atomic mass is 32.1. The quantitative estimate of drug-likeness (QED) is 0.189. The third-order valence-corrected chi connectivity index (χ3v) is 11.4. The molecule has 4 heteroatoms. The van der Waals surface area contributed by atoms with E-state index in [1.807, 2.05) is 47.7 Å². The van der Waals surface area contributed by atoms with Gasteiger partial charge in [-0.2, -0.15) is 0 Å². The summed E-state index contributed by atoms with van der Waals surface area (Å²) in [5.41, 5.74) is 10.4. The predicted octanol–water partition coefficient (Wildman–Crippen LogP) is 12.4. The number of nitrogens with zero attached hydrogens (tertiary/aromatic N) is 3. The highest BCUT2D eigenvalue weighted by Gasteiger charge is 2.39. The van der Waals surface area contributed by atoms with E-state index in [9.17, 15) is 0 Å². The number of rotatable bonds is 4. The third kappa shape index (κ3) is 4.45.